The van der Waals surface area contributed by atoms with Gasteiger partial charge in [0.2, 0.25) is 0 Å². The third kappa shape index (κ3) is 5.93. The third-order valence-electron chi connectivity index (χ3n) is 2.88. The molecule has 0 radical (unpaired) electrons. The van der Waals surface area contributed by atoms with E-state index >= 15 is 0 Å². The number of aromatic nitrogens is 2. The van der Waals surface area contributed by atoms with Gasteiger partial charge in [-0.3, -0.25) is 9.97 Å². The molecule has 0 aliphatic carbocycles. The summed E-state index contributed by atoms with van der Waals surface area (Å²) in [6.07, 6.45) is 3.63. The molecule has 0 atom stereocenters. The molecule has 24 heavy (non-hydrogen) atoms. The van der Waals surface area contributed by atoms with Crippen LogP contribution in [-0.2, 0) is 17.9 Å². The van der Waals surface area contributed by atoms with Crippen molar-refractivity contribution < 1.29 is 17.9 Å². The van der Waals surface area contributed by atoms with Crippen LogP contribution in [0.15, 0.2) is 83.8 Å². The third-order valence-corrected chi connectivity index (χ3v) is 4.66. The molecule has 0 fully saturated rings. The number of thiophene rings is 2. The van der Waals surface area contributed by atoms with E-state index in [4.69, 9.17) is 0 Å². The molecule has 2 nitrogen and oxygen atoms in total. The van der Waals surface area contributed by atoms with Gasteiger partial charge in [-0.05, 0) is 47.2 Å². The van der Waals surface area contributed by atoms with Gasteiger partial charge in [-0.15, -0.1) is 22.7 Å². The SMILES string of the molecule is [Cl][Ir].c1ccc(-c2cccs2)nc1.c1ccc(-c2cccs2)nc1. The van der Waals surface area contributed by atoms with E-state index in [1.54, 1.807) is 22.7 Å². The number of halogens is 1. The Balaban J connectivity index is 0.000000158. The van der Waals surface area contributed by atoms with Crippen molar-refractivity contribution in [1.82, 2.24) is 9.97 Å². The van der Waals surface area contributed by atoms with Crippen molar-refractivity contribution in [2.24, 2.45) is 0 Å². The Morgan fingerprint density at radius 2 is 1.08 bits per heavy atom. The van der Waals surface area contributed by atoms with Crippen molar-refractivity contribution in [2.45, 2.75) is 0 Å². The molecule has 0 N–H and O–H groups in total. The summed E-state index contributed by atoms with van der Waals surface area (Å²) in [5, 5.41) is 4.12. The molecule has 0 saturated heterocycles. The molecule has 4 heterocycles. The zero-order chi connectivity index (χ0) is 17.0. The summed E-state index contributed by atoms with van der Waals surface area (Å²) in [5.74, 6) is 0. The molecular weight excluding hydrogens is 536 g/mol. The predicted octanol–water partition coefficient (Wildman–Crippen LogP) is 6.31. The second-order valence-corrected chi connectivity index (χ2v) is 6.28. The van der Waals surface area contributed by atoms with Gasteiger partial charge in [0.25, 0.3) is 0 Å². The maximum Gasteiger partial charge on any atom is 0.0801 e. The number of nitrogens with zero attached hydrogens (tertiary/aromatic N) is 2. The Kier molecular flexibility index (Phi) is 8.88. The van der Waals surface area contributed by atoms with Crippen molar-refractivity contribution in [3.8, 4) is 21.1 Å². The van der Waals surface area contributed by atoms with Crippen LogP contribution in [0.5, 0.6) is 0 Å². The van der Waals surface area contributed by atoms with Crippen LogP contribution in [-0.4, -0.2) is 9.97 Å². The average molecular weight is 550 g/mol. The fraction of sp³-hybridized carbons (Fsp3) is 0. The molecule has 0 saturated carbocycles. The van der Waals surface area contributed by atoms with E-state index < -0.39 is 0 Å². The Bertz CT molecular complexity index is 707. The molecule has 0 aliphatic heterocycles. The van der Waals surface area contributed by atoms with E-state index in [0.717, 1.165) is 11.4 Å². The van der Waals surface area contributed by atoms with Crippen molar-refractivity contribution in [1.29, 1.82) is 0 Å². The van der Waals surface area contributed by atoms with Gasteiger partial charge in [0.15, 0.2) is 0 Å². The Labute approximate surface area is 164 Å². The predicted molar refractivity (Wildman–Crippen MR) is 101 cm³/mol. The molecule has 4 aromatic rings. The largest absolute Gasteiger partial charge is 0.255 e. The molecule has 0 amide bonds. The first-order valence-electron chi connectivity index (χ1n) is 6.96. The maximum absolute atomic E-state index is 4.64. The van der Waals surface area contributed by atoms with Crippen LogP contribution >= 0.6 is 32.3 Å². The van der Waals surface area contributed by atoms with Crippen molar-refractivity contribution in [2.75, 3.05) is 0 Å². The van der Waals surface area contributed by atoms with Gasteiger partial charge in [0.1, 0.15) is 0 Å². The van der Waals surface area contributed by atoms with Crippen LogP contribution in [0.3, 0.4) is 0 Å². The fourth-order valence-electron chi connectivity index (χ4n) is 1.87. The van der Waals surface area contributed by atoms with Crippen LogP contribution in [0.25, 0.3) is 21.1 Å². The Morgan fingerprint density at radius 3 is 1.38 bits per heavy atom. The van der Waals surface area contributed by atoms with Crippen LogP contribution in [0.1, 0.15) is 0 Å². The molecule has 0 aliphatic rings. The summed E-state index contributed by atoms with van der Waals surface area (Å²) in [6.45, 7) is 0. The monoisotopic (exact) mass is 550 g/mol. The van der Waals surface area contributed by atoms with Crippen LogP contribution in [0, 0.1) is 0 Å². The van der Waals surface area contributed by atoms with E-state index in [9.17, 15) is 0 Å². The Hall–Kier alpha value is -1.36. The van der Waals surface area contributed by atoms with Crippen LogP contribution in [0.4, 0.5) is 0 Å². The topological polar surface area (TPSA) is 25.8 Å². The molecule has 6 heteroatoms. The minimum absolute atomic E-state index is 1.06. The first-order chi connectivity index (χ1) is 11.9. The maximum atomic E-state index is 4.64. The smallest absolute Gasteiger partial charge is 0.0801 e. The number of hydrogen-bond donors (Lipinski definition) is 0. The minimum atomic E-state index is 1.06. The summed E-state index contributed by atoms with van der Waals surface area (Å²) in [7, 11) is 4.64. The van der Waals surface area contributed by atoms with Gasteiger partial charge in [0.05, 0.1) is 21.1 Å². The van der Waals surface area contributed by atoms with Gasteiger partial charge >= 0.3 is 27.5 Å². The zero-order valence-electron chi connectivity index (χ0n) is 12.5. The quantitative estimate of drug-likeness (QED) is 0.293. The average Bonchev–Trinajstić information content (AvgIpc) is 3.39. The summed E-state index contributed by atoms with van der Waals surface area (Å²) >= 11 is 4.90. The van der Waals surface area contributed by atoms with Crippen molar-refractivity contribution >= 4 is 32.3 Å². The number of hydrogen-bond acceptors (Lipinski definition) is 4. The van der Waals surface area contributed by atoms with Gasteiger partial charge in [-0.25, -0.2) is 0 Å². The molecule has 0 unspecified atom stereocenters. The molecule has 0 aromatic carbocycles. The van der Waals surface area contributed by atoms with E-state index in [2.05, 4.69) is 42.4 Å². The molecule has 4 aromatic heterocycles. The van der Waals surface area contributed by atoms with Crippen LogP contribution in [0.2, 0.25) is 0 Å². The molecule has 0 bridgehead atoms. The minimum Gasteiger partial charge on any atom is -0.255 e. The second-order valence-electron chi connectivity index (χ2n) is 4.38. The number of pyridine rings is 2. The zero-order valence-corrected chi connectivity index (χ0v) is 17.3. The normalized spacial score (nSPS) is 9.29. The van der Waals surface area contributed by atoms with E-state index in [-0.39, 0.29) is 0 Å². The Morgan fingerprint density at radius 1 is 0.625 bits per heavy atom. The second kappa shape index (κ2) is 11.2. The van der Waals surface area contributed by atoms with E-state index in [1.807, 2.05) is 60.9 Å². The molecular formula is C18H14ClIrN2S2. The number of rotatable bonds is 2. The fourth-order valence-corrected chi connectivity index (χ4v) is 3.27. The molecule has 4 rings (SSSR count). The summed E-state index contributed by atoms with van der Waals surface area (Å²) < 4.78 is 0. The van der Waals surface area contributed by atoms with Crippen molar-refractivity contribution in [3.63, 3.8) is 0 Å². The summed E-state index contributed by atoms with van der Waals surface area (Å²) in [5.41, 5.74) is 2.12. The van der Waals surface area contributed by atoms with Gasteiger partial charge in [-0.2, -0.15) is 0 Å². The van der Waals surface area contributed by atoms with Gasteiger partial charge in [-0.1, -0.05) is 24.3 Å². The summed E-state index contributed by atoms with van der Waals surface area (Å²) in [4.78, 5) is 10.9. The van der Waals surface area contributed by atoms with Crippen LogP contribution < -0.4 is 0 Å². The van der Waals surface area contributed by atoms with Gasteiger partial charge in [0, 0.05) is 12.4 Å². The van der Waals surface area contributed by atoms with Gasteiger partial charge < -0.3 is 0 Å². The molecule has 124 valence electrons. The first kappa shape index (κ1) is 19.0. The molecule has 0 spiro atoms. The van der Waals surface area contributed by atoms with Crippen molar-refractivity contribution in [3.05, 3.63) is 83.8 Å². The standard InChI is InChI=1S/2C9H7NS.ClH.Ir/c2*1-2-6-10-8(4-1)9-5-3-7-11-9;;/h2*1-7H;1H;/q;;;+1/p-1. The van der Waals surface area contributed by atoms with E-state index in [0.29, 0.717) is 0 Å². The first-order valence-corrected chi connectivity index (χ1v) is 11.7. The van der Waals surface area contributed by atoms with E-state index in [1.165, 1.54) is 27.6 Å². The summed E-state index contributed by atoms with van der Waals surface area (Å²) in [6, 6.07) is 20.1.